The van der Waals surface area contributed by atoms with Gasteiger partial charge in [-0.2, -0.15) is 13.2 Å². The number of hydrogen-bond acceptors (Lipinski definition) is 9. The van der Waals surface area contributed by atoms with Crippen molar-refractivity contribution in [2.45, 2.75) is 38.5 Å². The number of nitrogens with zero attached hydrogens (tertiary/aromatic N) is 6. The second kappa shape index (κ2) is 10.7. The van der Waals surface area contributed by atoms with E-state index >= 15 is 0 Å². The van der Waals surface area contributed by atoms with Gasteiger partial charge in [-0.15, -0.1) is 0 Å². The van der Waals surface area contributed by atoms with Crippen molar-refractivity contribution >= 4 is 28.7 Å². The number of halogens is 3. The summed E-state index contributed by atoms with van der Waals surface area (Å²) in [5.41, 5.74) is 15.7. The van der Waals surface area contributed by atoms with E-state index < -0.39 is 12.1 Å². The Bertz CT molecular complexity index is 1500. The summed E-state index contributed by atoms with van der Waals surface area (Å²) < 4.78 is 38.5. The fourth-order valence-corrected chi connectivity index (χ4v) is 4.23. The van der Waals surface area contributed by atoms with Crippen molar-refractivity contribution in [2.75, 3.05) is 18.8 Å². The maximum absolute atomic E-state index is 13.5. The Kier molecular flexibility index (Phi) is 7.53. The SMILES string of the molecule is CC(C)n1c(-c2nonc2N)nc2c(-c3ccccc3)ncc(C(=O)N3CCC(N)C3)c21.O=C(O)C(F)(F)F. The number of pyridine rings is 1. The number of carboxylic acid groups (broad SMARTS) is 1. The van der Waals surface area contributed by atoms with Crippen molar-refractivity contribution in [1.82, 2.24) is 29.7 Å². The maximum Gasteiger partial charge on any atom is 0.490 e. The number of imidazole rings is 1. The Morgan fingerprint density at radius 1 is 1.15 bits per heavy atom. The molecule has 1 atom stereocenters. The molecule has 3 aromatic heterocycles. The molecule has 15 heteroatoms. The molecule has 39 heavy (non-hydrogen) atoms. The van der Waals surface area contributed by atoms with Gasteiger partial charge in [0, 0.05) is 36.9 Å². The van der Waals surface area contributed by atoms with Crippen LogP contribution in [0.3, 0.4) is 0 Å². The number of carbonyl (C=O) groups excluding carboxylic acids is 1. The Morgan fingerprint density at radius 3 is 2.33 bits per heavy atom. The minimum absolute atomic E-state index is 0.0161. The Morgan fingerprint density at radius 2 is 1.82 bits per heavy atom. The van der Waals surface area contributed by atoms with Crippen molar-refractivity contribution in [3.63, 3.8) is 0 Å². The van der Waals surface area contributed by atoms with E-state index in [0.29, 0.717) is 46.9 Å². The van der Waals surface area contributed by atoms with E-state index in [0.717, 1.165) is 12.0 Å². The number of aromatic nitrogens is 5. The molecular weight excluding hydrogens is 521 g/mol. The summed E-state index contributed by atoms with van der Waals surface area (Å²) >= 11 is 0. The van der Waals surface area contributed by atoms with E-state index in [2.05, 4.69) is 15.3 Å². The zero-order valence-electron chi connectivity index (χ0n) is 20.9. The number of nitrogen functional groups attached to an aromatic ring is 1. The van der Waals surface area contributed by atoms with Crippen LogP contribution in [-0.4, -0.2) is 72.0 Å². The van der Waals surface area contributed by atoms with Gasteiger partial charge in [-0.05, 0) is 30.6 Å². The van der Waals surface area contributed by atoms with Gasteiger partial charge >= 0.3 is 12.1 Å². The van der Waals surface area contributed by atoms with Crippen molar-refractivity contribution in [3.8, 4) is 22.8 Å². The zero-order valence-corrected chi connectivity index (χ0v) is 20.9. The molecule has 1 amide bonds. The fraction of sp³-hybridized carbons (Fsp3) is 0.333. The fourth-order valence-electron chi connectivity index (χ4n) is 4.23. The topological polar surface area (TPSA) is 179 Å². The lowest BCUT2D eigenvalue weighted by atomic mass is 10.1. The molecule has 1 aliphatic heterocycles. The molecule has 1 aromatic carbocycles. The highest BCUT2D eigenvalue weighted by Gasteiger charge is 2.38. The molecule has 1 aliphatic rings. The molecular formula is C24H25F3N8O4. The van der Waals surface area contributed by atoms with Crippen LogP contribution in [0.2, 0.25) is 0 Å². The third-order valence-electron chi connectivity index (χ3n) is 5.99. The molecule has 0 radical (unpaired) electrons. The molecule has 1 fully saturated rings. The average molecular weight is 547 g/mol. The van der Waals surface area contributed by atoms with Gasteiger partial charge in [-0.25, -0.2) is 14.4 Å². The normalized spacial score (nSPS) is 15.5. The number of aliphatic carboxylic acids is 1. The number of hydrogen-bond donors (Lipinski definition) is 3. The van der Waals surface area contributed by atoms with E-state index in [1.807, 2.05) is 48.7 Å². The Balaban J connectivity index is 0.000000448. The van der Waals surface area contributed by atoms with E-state index in [1.165, 1.54) is 0 Å². The molecule has 5 rings (SSSR count). The number of anilines is 1. The molecule has 5 N–H and O–H groups in total. The van der Waals surface area contributed by atoms with Crippen LogP contribution in [0, 0.1) is 0 Å². The number of rotatable bonds is 4. The van der Waals surface area contributed by atoms with Crippen LogP contribution in [0.1, 0.15) is 36.7 Å². The third-order valence-corrected chi connectivity index (χ3v) is 5.99. The first-order chi connectivity index (χ1) is 18.4. The van der Waals surface area contributed by atoms with Crippen molar-refractivity contribution in [3.05, 3.63) is 42.1 Å². The number of carbonyl (C=O) groups is 2. The monoisotopic (exact) mass is 546 g/mol. The highest BCUT2D eigenvalue weighted by atomic mass is 19.4. The van der Waals surface area contributed by atoms with E-state index in [1.54, 1.807) is 11.1 Å². The maximum atomic E-state index is 13.5. The first-order valence-corrected chi connectivity index (χ1v) is 11.8. The number of nitrogens with two attached hydrogens (primary N) is 2. The lowest BCUT2D eigenvalue weighted by Gasteiger charge is -2.19. The molecule has 0 bridgehead atoms. The first kappa shape index (κ1) is 27.5. The van der Waals surface area contributed by atoms with E-state index in [4.69, 9.17) is 31.0 Å². The van der Waals surface area contributed by atoms with Crippen LogP contribution in [0.15, 0.2) is 41.2 Å². The Labute approximate surface area is 219 Å². The van der Waals surface area contributed by atoms with Gasteiger partial charge in [-0.3, -0.25) is 9.78 Å². The highest BCUT2D eigenvalue weighted by Crippen LogP contribution is 2.36. The first-order valence-electron chi connectivity index (χ1n) is 11.8. The van der Waals surface area contributed by atoms with Crippen LogP contribution in [0.4, 0.5) is 19.0 Å². The van der Waals surface area contributed by atoms with Gasteiger partial charge in [0.2, 0.25) is 0 Å². The molecule has 206 valence electrons. The van der Waals surface area contributed by atoms with Gasteiger partial charge in [0.15, 0.2) is 17.3 Å². The van der Waals surface area contributed by atoms with Crippen molar-refractivity contribution in [2.24, 2.45) is 5.73 Å². The zero-order chi connectivity index (χ0) is 28.5. The van der Waals surface area contributed by atoms with E-state index in [-0.39, 0.29) is 23.8 Å². The molecule has 1 saturated heterocycles. The summed E-state index contributed by atoms with van der Waals surface area (Å²) in [5, 5.41) is 14.8. The molecule has 0 spiro atoms. The summed E-state index contributed by atoms with van der Waals surface area (Å²) in [6, 6.07) is 9.67. The largest absolute Gasteiger partial charge is 0.490 e. The summed E-state index contributed by atoms with van der Waals surface area (Å²) in [6.45, 7) is 5.16. The number of carboxylic acids is 1. The minimum atomic E-state index is -5.08. The molecule has 1 unspecified atom stereocenters. The second-order valence-corrected chi connectivity index (χ2v) is 9.08. The molecule has 12 nitrogen and oxygen atoms in total. The van der Waals surface area contributed by atoms with Crippen LogP contribution >= 0.6 is 0 Å². The van der Waals surface area contributed by atoms with Crippen LogP contribution in [0.5, 0.6) is 0 Å². The predicted octanol–water partition coefficient (Wildman–Crippen LogP) is 3.12. The van der Waals surface area contributed by atoms with Gasteiger partial charge in [0.1, 0.15) is 5.52 Å². The number of likely N-dealkylation sites (tertiary alicyclic amines) is 1. The predicted molar refractivity (Wildman–Crippen MR) is 133 cm³/mol. The number of fused-ring (bicyclic) bond motifs is 1. The van der Waals surface area contributed by atoms with Crippen LogP contribution in [0.25, 0.3) is 33.8 Å². The molecule has 4 heterocycles. The minimum Gasteiger partial charge on any atom is -0.475 e. The average Bonchev–Trinajstić information content (AvgIpc) is 3.61. The van der Waals surface area contributed by atoms with Crippen LogP contribution in [-0.2, 0) is 4.79 Å². The Hall–Kier alpha value is -4.53. The molecule has 0 saturated carbocycles. The highest BCUT2D eigenvalue weighted by molar-refractivity contribution is 6.08. The molecule has 4 aromatic rings. The number of benzene rings is 1. The van der Waals surface area contributed by atoms with Gasteiger partial charge in [0.05, 0.1) is 16.8 Å². The lowest BCUT2D eigenvalue weighted by molar-refractivity contribution is -0.192. The lowest BCUT2D eigenvalue weighted by Crippen LogP contribution is -2.32. The number of alkyl halides is 3. The van der Waals surface area contributed by atoms with Crippen LogP contribution < -0.4 is 11.5 Å². The molecule has 0 aliphatic carbocycles. The summed E-state index contributed by atoms with van der Waals surface area (Å²) in [4.78, 5) is 33.7. The van der Waals surface area contributed by atoms with E-state index in [9.17, 15) is 18.0 Å². The van der Waals surface area contributed by atoms with Crippen molar-refractivity contribution in [1.29, 1.82) is 0 Å². The van der Waals surface area contributed by atoms with Gasteiger partial charge in [0.25, 0.3) is 5.91 Å². The van der Waals surface area contributed by atoms with Gasteiger partial charge < -0.3 is 26.0 Å². The summed E-state index contributed by atoms with van der Waals surface area (Å²) in [5.74, 6) is -2.26. The summed E-state index contributed by atoms with van der Waals surface area (Å²) in [6.07, 6.45) is -2.67. The second-order valence-electron chi connectivity index (χ2n) is 9.08. The third kappa shape index (κ3) is 5.52. The van der Waals surface area contributed by atoms with Gasteiger partial charge in [-0.1, -0.05) is 30.3 Å². The summed E-state index contributed by atoms with van der Waals surface area (Å²) in [7, 11) is 0. The smallest absolute Gasteiger partial charge is 0.475 e. The number of amides is 1. The quantitative estimate of drug-likeness (QED) is 0.344. The standard InChI is InChI=1S/C22H24N8O2.C2HF3O2/c1-12(2)30-19-15(22(31)29-9-8-14(23)11-29)10-25-16(13-6-4-3-5-7-13)17(19)26-21(30)18-20(24)28-32-27-18;3-2(4,5)1(6)7/h3-7,10,12,14H,8-9,11,23H2,1-2H3,(H2,24,28);(H,6,7). The van der Waals surface area contributed by atoms with Crippen molar-refractivity contribution < 1.29 is 32.5 Å².